The van der Waals surface area contributed by atoms with E-state index in [0.29, 0.717) is 12.2 Å². The average Bonchev–Trinajstić information content (AvgIpc) is 3.27. The number of hydrogen-bond donors (Lipinski definition) is 0. The molecule has 3 heteroatoms. The van der Waals surface area contributed by atoms with E-state index in [2.05, 4.69) is 31.2 Å². The summed E-state index contributed by atoms with van der Waals surface area (Å²) in [6.45, 7) is 10.00. The van der Waals surface area contributed by atoms with Crippen LogP contribution in [0.25, 0.3) is 0 Å². The van der Waals surface area contributed by atoms with Gasteiger partial charge in [-0.15, -0.1) is 0 Å². The van der Waals surface area contributed by atoms with E-state index in [9.17, 15) is 4.79 Å². The molecule has 0 N–H and O–H groups in total. The molecule has 3 atom stereocenters. The van der Waals surface area contributed by atoms with Crippen LogP contribution in [0.4, 0.5) is 0 Å². The number of ether oxygens (including phenoxy) is 2. The van der Waals surface area contributed by atoms with Crippen LogP contribution < -0.4 is 0 Å². The molecule has 1 saturated heterocycles. The summed E-state index contributed by atoms with van der Waals surface area (Å²) in [6.07, 6.45) is 4.39. The molecule has 1 fully saturated rings. The van der Waals surface area contributed by atoms with Crippen molar-refractivity contribution in [3.8, 4) is 0 Å². The Morgan fingerprint density at radius 3 is 2.30 bits per heavy atom. The molecule has 0 bridgehead atoms. The highest BCUT2D eigenvalue weighted by Crippen LogP contribution is 2.28. The molecule has 3 nitrogen and oxygen atoms in total. The SMILES string of the molecule is CCC1OC1Cc1ccc(CC(C)OC(=O)C(C)(C)CC)cc1. The number of benzene rings is 1. The average molecular weight is 318 g/mol. The number of carbonyl (C=O) groups excluding carboxylic acids is 1. The predicted octanol–water partition coefficient (Wildman–Crippen LogP) is 4.32. The summed E-state index contributed by atoms with van der Waals surface area (Å²) in [7, 11) is 0. The molecule has 128 valence electrons. The van der Waals surface area contributed by atoms with Crippen molar-refractivity contribution >= 4 is 5.97 Å². The van der Waals surface area contributed by atoms with Gasteiger partial charge in [0, 0.05) is 12.8 Å². The number of hydrogen-bond acceptors (Lipinski definition) is 3. The van der Waals surface area contributed by atoms with Gasteiger partial charge in [-0.05, 0) is 44.7 Å². The van der Waals surface area contributed by atoms with Crippen LogP contribution in [0.5, 0.6) is 0 Å². The van der Waals surface area contributed by atoms with Crippen LogP contribution in [0.15, 0.2) is 24.3 Å². The van der Waals surface area contributed by atoms with Crippen molar-refractivity contribution in [3.63, 3.8) is 0 Å². The first-order valence-corrected chi connectivity index (χ1v) is 8.80. The second-order valence-electron chi connectivity index (χ2n) is 7.30. The Morgan fingerprint density at radius 2 is 1.78 bits per heavy atom. The zero-order chi connectivity index (χ0) is 17.0. The van der Waals surface area contributed by atoms with Gasteiger partial charge in [-0.1, -0.05) is 38.1 Å². The Balaban J connectivity index is 1.82. The van der Waals surface area contributed by atoms with Crippen molar-refractivity contribution in [2.75, 3.05) is 0 Å². The van der Waals surface area contributed by atoms with Crippen LogP contribution in [0.1, 0.15) is 58.6 Å². The van der Waals surface area contributed by atoms with Gasteiger partial charge in [-0.25, -0.2) is 0 Å². The molecule has 0 radical (unpaired) electrons. The smallest absolute Gasteiger partial charge is 0.311 e. The van der Waals surface area contributed by atoms with Gasteiger partial charge in [0.1, 0.15) is 6.10 Å². The molecule has 1 aliphatic heterocycles. The summed E-state index contributed by atoms with van der Waals surface area (Å²) in [5, 5.41) is 0. The summed E-state index contributed by atoms with van der Waals surface area (Å²) < 4.78 is 11.2. The quantitative estimate of drug-likeness (QED) is 0.529. The van der Waals surface area contributed by atoms with Crippen LogP contribution in [-0.2, 0) is 27.1 Å². The second-order valence-corrected chi connectivity index (χ2v) is 7.30. The molecule has 1 aromatic rings. The Morgan fingerprint density at radius 1 is 1.17 bits per heavy atom. The summed E-state index contributed by atoms with van der Waals surface area (Å²) >= 11 is 0. The van der Waals surface area contributed by atoms with Crippen LogP contribution in [-0.4, -0.2) is 24.3 Å². The van der Waals surface area contributed by atoms with Gasteiger partial charge >= 0.3 is 5.97 Å². The van der Waals surface area contributed by atoms with Crippen molar-refractivity contribution in [2.24, 2.45) is 5.41 Å². The molecule has 0 aliphatic carbocycles. The second kappa shape index (κ2) is 7.48. The summed E-state index contributed by atoms with van der Waals surface area (Å²) in [4.78, 5) is 12.1. The van der Waals surface area contributed by atoms with Gasteiger partial charge in [-0.3, -0.25) is 4.79 Å². The van der Waals surface area contributed by atoms with Gasteiger partial charge in [0.05, 0.1) is 17.6 Å². The zero-order valence-electron chi connectivity index (χ0n) is 15.1. The molecule has 0 amide bonds. The number of epoxide rings is 1. The number of rotatable bonds is 8. The van der Waals surface area contributed by atoms with Crippen LogP contribution in [0.3, 0.4) is 0 Å². The largest absolute Gasteiger partial charge is 0.462 e. The molecule has 2 rings (SSSR count). The van der Waals surface area contributed by atoms with Crippen molar-refractivity contribution in [2.45, 2.75) is 78.6 Å². The first-order chi connectivity index (χ1) is 10.9. The van der Waals surface area contributed by atoms with E-state index < -0.39 is 5.41 Å². The maximum absolute atomic E-state index is 12.1. The fraction of sp³-hybridized carbons (Fsp3) is 0.650. The molecule has 1 heterocycles. The third-order valence-electron chi connectivity index (χ3n) is 4.82. The topological polar surface area (TPSA) is 38.8 Å². The fourth-order valence-corrected chi connectivity index (χ4v) is 2.62. The van der Waals surface area contributed by atoms with Crippen LogP contribution in [0, 0.1) is 5.41 Å². The molecule has 1 aliphatic rings. The van der Waals surface area contributed by atoms with Gasteiger partial charge in [-0.2, -0.15) is 0 Å². The zero-order valence-corrected chi connectivity index (χ0v) is 15.1. The maximum Gasteiger partial charge on any atom is 0.311 e. The highest BCUT2D eigenvalue weighted by Gasteiger charge is 2.36. The standard InChI is InChI=1S/C20H30O3/c1-6-17-18(23-17)13-16-10-8-15(9-11-16)12-14(3)22-19(21)20(4,5)7-2/h8-11,14,17-18H,6-7,12-13H2,1-5H3. The maximum atomic E-state index is 12.1. The summed E-state index contributed by atoms with van der Waals surface area (Å²) in [6, 6.07) is 8.59. The minimum absolute atomic E-state index is 0.101. The van der Waals surface area contributed by atoms with E-state index in [1.165, 1.54) is 11.1 Å². The van der Waals surface area contributed by atoms with E-state index in [4.69, 9.17) is 9.47 Å². The third kappa shape index (κ3) is 5.07. The lowest BCUT2D eigenvalue weighted by Gasteiger charge is -2.23. The molecule has 3 unspecified atom stereocenters. The Hall–Kier alpha value is -1.35. The van der Waals surface area contributed by atoms with Gasteiger partial charge in [0.15, 0.2) is 0 Å². The monoisotopic (exact) mass is 318 g/mol. The lowest BCUT2D eigenvalue weighted by atomic mass is 9.90. The molecular formula is C20H30O3. The Kier molecular flexibility index (Phi) is 5.85. The van der Waals surface area contributed by atoms with Crippen molar-refractivity contribution in [3.05, 3.63) is 35.4 Å². The minimum atomic E-state index is -0.405. The van der Waals surface area contributed by atoms with E-state index in [1.807, 2.05) is 27.7 Å². The van der Waals surface area contributed by atoms with Crippen LogP contribution >= 0.6 is 0 Å². The first-order valence-electron chi connectivity index (χ1n) is 8.80. The highest BCUT2D eigenvalue weighted by molar-refractivity contribution is 5.75. The fourth-order valence-electron chi connectivity index (χ4n) is 2.62. The van der Waals surface area contributed by atoms with Gasteiger partial charge < -0.3 is 9.47 Å². The Bertz CT molecular complexity index is 518. The molecular weight excluding hydrogens is 288 g/mol. The van der Waals surface area contributed by atoms with E-state index >= 15 is 0 Å². The summed E-state index contributed by atoms with van der Waals surface area (Å²) in [5.74, 6) is -0.111. The number of carbonyl (C=O) groups is 1. The van der Waals surface area contributed by atoms with E-state index in [-0.39, 0.29) is 12.1 Å². The van der Waals surface area contributed by atoms with Crippen molar-refractivity contribution in [1.29, 1.82) is 0 Å². The minimum Gasteiger partial charge on any atom is -0.462 e. The lowest BCUT2D eigenvalue weighted by Crippen LogP contribution is -2.29. The third-order valence-corrected chi connectivity index (χ3v) is 4.82. The van der Waals surface area contributed by atoms with E-state index in [1.54, 1.807) is 0 Å². The molecule has 0 aromatic heterocycles. The number of esters is 1. The molecule has 0 spiro atoms. The van der Waals surface area contributed by atoms with Gasteiger partial charge in [0.25, 0.3) is 0 Å². The van der Waals surface area contributed by atoms with Crippen LogP contribution in [0.2, 0.25) is 0 Å². The normalized spacial score (nSPS) is 21.8. The lowest BCUT2D eigenvalue weighted by molar-refractivity contribution is -0.158. The highest BCUT2D eigenvalue weighted by atomic mass is 16.6. The first kappa shape index (κ1) is 18.0. The molecule has 23 heavy (non-hydrogen) atoms. The summed E-state index contributed by atoms with van der Waals surface area (Å²) in [5.41, 5.74) is 2.11. The molecule has 0 saturated carbocycles. The van der Waals surface area contributed by atoms with Crippen molar-refractivity contribution < 1.29 is 14.3 Å². The van der Waals surface area contributed by atoms with Gasteiger partial charge in [0.2, 0.25) is 0 Å². The predicted molar refractivity (Wildman–Crippen MR) is 92.4 cm³/mol. The van der Waals surface area contributed by atoms with Crippen molar-refractivity contribution in [1.82, 2.24) is 0 Å². The Labute approximate surface area is 140 Å². The van der Waals surface area contributed by atoms with E-state index in [0.717, 1.165) is 25.7 Å². The molecule has 1 aromatic carbocycles.